The van der Waals surface area contributed by atoms with Gasteiger partial charge in [0.2, 0.25) is 0 Å². The molecule has 5 heteroatoms. The molecule has 1 N–H and O–H groups in total. The quantitative estimate of drug-likeness (QED) is 0.402. The average Bonchev–Trinajstić information content (AvgIpc) is 2.69. The molecule has 4 rings (SSSR count). The van der Waals surface area contributed by atoms with Crippen molar-refractivity contribution in [3.63, 3.8) is 0 Å². The second kappa shape index (κ2) is 7.70. The van der Waals surface area contributed by atoms with Crippen LogP contribution in [0.1, 0.15) is 5.56 Å². The van der Waals surface area contributed by atoms with E-state index in [-0.39, 0.29) is 0 Å². The molecule has 0 radical (unpaired) electrons. The van der Waals surface area contributed by atoms with E-state index in [1.165, 1.54) is 0 Å². The number of hydrogen-bond donors (Lipinski definition) is 1. The van der Waals surface area contributed by atoms with Crippen LogP contribution in [-0.4, -0.2) is 9.97 Å². The van der Waals surface area contributed by atoms with Crippen molar-refractivity contribution in [1.82, 2.24) is 9.97 Å². The third-order valence-corrected chi connectivity index (χ3v) is 4.63. The van der Waals surface area contributed by atoms with Gasteiger partial charge in [-0.3, -0.25) is 0 Å². The molecule has 4 aromatic rings. The molecule has 4 nitrogen and oxygen atoms in total. The van der Waals surface area contributed by atoms with Crippen LogP contribution in [0.2, 0.25) is 0 Å². The number of ether oxygens (including phenoxy) is 1. The van der Waals surface area contributed by atoms with Gasteiger partial charge in [-0.2, -0.15) is 0 Å². The summed E-state index contributed by atoms with van der Waals surface area (Å²) in [5, 5.41) is 4.37. The zero-order valence-corrected chi connectivity index (χ0v) is 16.1. The fourth-order valence-electron chi connectivity index (χ4n) is 2.64. The number of nitrogens with zero attached hydrogens (tertiary/aromatic N) is 2. The largest absolute Gasteiger partial charge is 0.489 e. The summed E-state index contributed by atoms with van der Waals surface area (Å²) in [6.45, 7) is 0.558. The Morgan fingerprint density at radius 1 is 0.885 bits per heavy atom. The van der Waals surface area contributed by atoms with Crippen LogP contribution in [0.15, 0.2) is 79.1 Å². The van der Waals surface area contributed by atoms with Crippen LogP contribution in [0.5, 0.6) is 5.75 Å². The highest BCUT2D eigenvalue weighted by Crippen LogP contribution is 2.25. The van der Waals surface area contributed by atoms with E-state index in [9.17, 15) is 0 Å². The van der Waals surface area contributed by atoms with E-state index in [2.05, 4.69) is 56.1 Å². The van der Waals surface area contributed by atoms with Gasteiger partial charge in [-0.25, -0.2) is 9.97 Å². The molecule has 0 aliphatic heterocycles. The number of fused-ring (bicyclic) bond motifs is 1. The lowest BCUT2D eigenvalue weighted by Crippen LogP contribution is -1.97. The third kappa shape index (κ3) is 3.94. The third-order valence-electron chi connectivity index (χ3n) is 3.96. The highest BCUT2D eigenvalue weighted by molar-refractivity contribution is 14.1. The number of rotatable bonds is 5. The van der Waals surface area contributed by atoms with Crippen molar-refractivity contribution in [3.05, 3.63) is 88.3 Å². The molecule has 1 aromatic heterocycles. The van der Waals surface area contributed by atoms with Crippen molar-refractivity contribution >= 4 is 45.0 Å². The van der Waals surface area contributed by atoms with Gasteiger partial charge in [0.05, 0.1) is 5.52 Å². The summed E-state index contributed by atoms with van der Waals surface area (Å²) in [4.78, 5) is 8.70. The van der Waals surface area contributed by atoms with Crippen LogP contribution in [-0.2, 0) is 6.61 Å². The molecule has 0 amide bonds. The lowest BCUT2D eigenvalue weighted by atomic mass is 10.2. The van der Waals surface area contributed by atoms with Crippen LogP contribution < -0.4 is 10.1 Å². The Kier molecular flexibility index (Phi) is 4.97. The highest BCUT2D eigenvalue weighted by Gasteiger charge is 2.05. The molecular weight excluding hydrogens is 437 g/mol. The molecule has 26 heavy (non-hydrogen) atoms. The van der Waals surface area contributed by atoms with Gasteiger partial charge in [0.1, 0.15) is 24.5 Å². The van der Waals surface area contributed by atoms with Crippen LogP contribution in [0.4, 0.5) is 11.5 Å². The maximum absolute atomic E-state index is 5.83. The minimum Gasteiger partial charge on any atom is -0.489 e. The highest BCUT2D eigenvalue weighted by atomic mass is 127. The van der Waals surface area contributed by atoms with Gasteiger partial charge in [0.25, 0.3) is 0 Å². The molecule has 3 aromatic carbocycles. The number of nitrogens with one attached hydrogen (secondary N) is 1. The first kappa shape index (κ1) is 16.8. The smallest absolute Gasteiger partial charge is 0.141 e. The second-order valence-electron chi connectivity index (χ2n) is 5.81. The molecular formula is C21H16IN3O. The minimum atomic E-state index is 0.558. The summed E-state index contributed by atoms with van der Waals surface area (Å²) >= 11 is 2.29. The summed E-state index contributed by atoms with van der Waals surface area (Å²) < 4.78 is 6.98. The zero-order valence-electron chi connectivity index (χ0n) is 13.9. The van der Waals surface area contributed by atoms with Gasteiger partial charge in [-0.15, -0.1) is 0 Å². The molecule has 0 atom stereocenters. The van der Waals surface area contributed by atoms with Crippen molar-refractivity contribution in [1.29, 1.82) is 0 Å². The van der Waals surface area contributed by atoms with E-state index in [1.807, 2.05) is 54.6 Å². The van der Waals surface area contributed by atoms with Crippen LogP contribution >= 0.6 is 22.6 Å². The van der Waals surface area contributed by atoms with Gasteiger partial charge in [-0.05, 0) is 70.6 Å². The van der Waals surface area contributed by atoms with Crippen molar-refractivity contribution < 1.29 is 4.74 Å². The number of aromatic nitrogens is 2. The van der Waals surface area contributed by atoms with Crippen LogP contribution in [0.25, 0.3) is 10.9 Å². The molecule has 0 bridgehead atoms. The van der Waals surface area contributed by atoms with E-state index in [0.29, 0.717) is 6.61 Å². The first-order valence-electron chi connectivity index (χ1n) is 8.22. The summed E-state index contributed by atoms with van der Waals surface area (Å²) in [7, 11) is 0. The van der Waals surface area contributed by atoms with Gasteiger partial charge in [-0.1, -0.05) is 30.3 Å². The van der Waals surface area contributed by atoms with Crippen molar-refractivity contribution in [2.45, 2.75) is 6.61 Å². The molecule has 0 fully saturated rings. The Labute approximate surface area is 165 Å². The van der Waals surface area contributed by atoms with Crippen molar-refractivity contribution in [2.75, 3.05) is 5.32 Å². The maximum Gasteiger partial charge on any atom is 0.141 e. The van der Waals surface area contributed by atoms with Gasteiger partial charge in [0, 0.05) is 14.6 Å². The SMILES string of the molecule is Ic1ccc2ncnc(Nc3ccc(OCc4ccccc4)cc3)c2c1. The molecule has 0 saturated heterocycles. The Hall–Kier alpha value is -2.67. The Morgan fingerprint density at radius 2 is 1.69 bits per heavy atom. The standard InChI is InChI=1S/C21H16IN3O/c22-16-6-11-20-19(12-16)21(24-14-23-20)25-17-7-9-18(10-8-17)26-13-15-4-2-1-3-5-15/h1-12,14H,13H2,(H,23,24,25). The van der Waals surface area contributed by atoms with Crippen molar-refractivity contribution in [3.8, 4) is 5.75 Å². The predicted octanol–water partition coefficient (Wildman–Crippen LogP) is 5.56. The number of hydrogen-bond acceptors (Lipinski definition) is 4. The predicted molar refractivity (Wildman–Crippen MR) is 113 cm³/mol. The Bertz CT molecular complexity index is 1020. The lowest BCUT2D eigenvalue weighted by molar-refractivity contribution is 0.306. The fourth-order valence-corrected chi connectivity index (χ4v) is 3.13. The zero-order chi connectivity index (χ0) is 17.8. The van der Waals surface area contributed by atoms with E-state index in [0.717, 1.165) is 37.3 Å². The van der Waals surface area contributed by atoms with Crippen LogP contribution in [0.3, 0.4) is 0 Å². The van der Waals surface area contributed by atoms with E-state index in [1.54, 1.807) is 6.33 Å². The summed E-state index contributed by atoms with van der Waals surface area (Å²) in [5.74, 6) is 1.63. The van der Waals surface area contributed by atoms with E-state index < -0.39 is 0 Å². The van der Waals surface area contributed by atoms with E-state index in [4.69, 9.17) is 4.74 Å². The average molecular weight is 453 g/mol. The molecule has 128 valence electrons. The maximum atomic E-state index is 5.83. The monoisotopic (exact) mass is 453 g/mol. The number of halogens is 1. The molecule has 0 spiro atoms. The minimum absolute atomic E-state index is 0.558. The Balaban J connectivity index is 1.49. The van der Waals surface area contributed by atoms with Crippen LogP contribution in [0, 0.1) is 3.57 Å². The Morgan fingerprint density at radius 3 is 2.50 bits per heavy atom. The first-order chi connectivity index (χ1) is 12.8. The van der Waals surface area contributed by atoms with Gasteiger partial charge in [0.15, 0.2) is 0 Å². The normalized spacial score (nSPS) is 10.7. The lowest BCUT2D eigenvalue weighted by Gasteiger charge is -2.10. The molecule has 0 aliphatic carbocycles. The van der Waals surface area contributed by atoms with Crippen molar-refractivity contribution in [2.24, 2.45) is 0 Å². The molecule has 0 saturated carbocycles. The summed E-state index contributed by atoms with van der Waals surface area (Å²) in [6, 6.07) is 24.1. The van der Waals surface area contributed by atoms with Gasteiger partial charge < -0.3 is 10.1 Å². The number of benzene rings is 3. The topological polar surface area (TPSA) is 47.0 Å². The fraction of sp³-hybridized carbons (Fsp3) is 0.0476. The number of anilines is 2. The summed E-state index contributed by atoms with van der Waals surface area (Å²) in [5.41, 5.74) is 3.03. The van der Waals surface area contributed by atoms with E-state index >= 15 is 0 Å². The molecule has 0 aliphatic rings. The molecule has 0 unspecified atom stereocenters. The first-order valence-corrected chi connectivity index (χ1v) is 9.30. The molecule has 1 heterocycles. The second-order valence-corrected chi connectivity index (χ2v) is 7.05. The van der Waals surface area contributed by atoms with Gasteiger partial charge >= 0.3 is 0 Å². The summed E-state index contributed by atoms with van der Waals surface area (Å²) in [6.07, 6.45) is 1.58.